The fraction of sp³-hybridized carbons (Fsp3) is 0.667. The van der Waals surface area contributed by atoms with Gasteiger partial charge >= 0.3 is 0 Å². The highest BCUT2D eigenvalue weighted by Crippen LogP contribution is 2.32. The zero-order valence-electron chi connectivity index (χ0n) is 19.4. The van der Waals surface area contributed by atoms with E-state index in [-0.39, 0.29) is 6.61 Å². The molecule has 15 nitrogen and oxygen atoms in total. The minimum atomic E-state index is -1.51. The van der Waals surface area contributed by atoms with Gasteiger partial charge in [-0.1, -0.05) is 6.08 Å². The average molecular weight is 514 g/mol. The molecule has 0 aliphatic carbocycles. The van der Waals surface area contributed by atoms with Crippen LogP contribution in [-0.2, 0) is 14.2 Å². The average Bonchev–Trinajstić information content (AvgIpc) is 3.43. The van der Waals surface area contributed by atoms with Gasteiger partial charge in [-0.15, -0.1) is 0 Å². The summed E-state index contributed by atoms with van der Waals surface area (Å²) >= 11 is 0. The summed E-state index contributed by atoms with van der Waals surface area (Å²) in [6, 6.07) is 0. The molecule has 0 aromatic carbocycles. The molecular weight excluding hydrogens is 482 g/mol. The molecule has 4 rings (SSSR count). The number of nitrogens with zero attached hydrogens (tertiary/aromatic N) is 4. The van der Waals surface area contributed by atoms with Crippen molar-refractivity contribution in [2.24, 2.45) is 0 Å². The van der Waals surface area contributed by atoms with Crippen molar-refractivity contribution in [3.8, 4) is 0 Å². The topological polar surface area (TPSA) is 225 Å². The Morgan fingerprint density at radius 2 is 1.67 bits per heavy atom. The molecule has 15 heteroatoms. The number of ether oxygens (including phenoxy) is 3. The maximum Gasteiger partial charge on any atom is 0.187 e. The molecule has 2 saturated heterocycles. The van der Waals surface area contributed by atoms with Crippen LogP contribution >= 0.6 is 0 Å². The van der Waals surface area contributed by atoms with E-state index in [9.17, 15) is 35.7 Å². The van der Waals surface area contributed by atoms with Crippen LogP contribution in [0.4, 0.5) is 5.82 Å². The lowest BCUT2D eigenvalue weighted by Crippen LogP contribution is -2.59. The van der Waals surface area contributed by atoms with Gasteiger partial charge in [-0.3, -0.25) is 4.57 Å². The number of hydrogen-bond donors (Lipinski definition) is 8. The van der Waals surface area contributed by atoms with Crippen molar-refractivity contribution in [3.05, 3.63) is 24.3 Å². The van der Waals surface area contributed by atoms with Crippen molar-refractivity contribution in [2.75, 3.05) is 31.7 Å². The molecule has 2 aliphatic rings. The minimum Gasteiger partial charge on any atom is -0.394 e. The second-order valence-corrected chi connectivity index (χ2v) is 8.71. The van der Waals surface area contributed by atoms with Crippen LogP contribution in [0.1, 0.15) is 13.2 Å². The highest BCUT2D eigenvalue weighted by molar-refractivity contribution is 5.82. The number of nitrogens with one attached hydrogen (secondary N) is 1. The van der Waals surface area contributed by atoms with Gasteiger partial charge in [0.25, 0.3) is 0 Å². The number of hydrogen-bond acceptors (Lipinski definition) is 14. The molecule has 2 aromatic rings. The predicted octanol–water partition coefficient (Wildman–Crippen LogP) is -3.39. The van der Waals surface area contributed by atoms with Crippen molar-refractivity contribution in [1.82, 2.24) is 19.5 Å². The normalized spacial score (nSPS) is 35.4. The molecule has 4 heterocycles. The van der Waals surface area contributed by atoms with E-state index < -0.39 is 68.5 Å². The number of aliphatic hydroxyl groups is 7. The Bertz CT molecular complexity index is 1050. The molecule has 2 unspecified atom stereocenters. The first kappa shape index (κ1) is 26.7. The van der Waals surface area contributed by atoms with E-state index in [1.54, 1.807) is 13.0 Å². The summed E-state index contributed by atoms with van der Waals surface area (Å²) in [5.41, 5.74) is 1.51. The lowest BCUT2D eigenvalue weighted by atomic mass is 9.99. The first-order valence-corrected chi connectivity index (χ1v) is 11.4. The van der Waals surface area contributed by atoms with Crippen LogP contribution in [0, 0.1) is 0 Å². The summed E-state index contributed by atoms with van der Waals surface area (Å²) in [4.78, 5) is 12.7. The van der Waals surface area contributed by atoms with Crippen LogP contribution in [0.2, 0.25) is 0 Å². The standard InChI is InChI=1S/C21H31N5O10/c1-9(6-34-21-17(33)15(31)13(29)11(5-28)36-21)2-3-22-18-12-19(24-7-23-18)26(8-25-12)20-16(32)14(30)10(4-27)35-20/h2,7-8,10-11,13-17,20-21,27-33H,3-6H2,1H3,(H,22,23,24)/b9-2-/t10?,11-,13-,14-,15+,16-,17+,20+,21?/m0/s1. The van der Waals surface area contributed by atoms with Gasteiger partial charge in [0, 0.05) is 6.54 Å². The maximum atomic E-state index is 10.3. The first-order chi connectivity index (χ1) is 17.3. The number of imidazole rings is 1. The molecule has 2 fully saturated rings. The monoisotopic (exact) mass is 513 g/mol. The van der Waals surface area contributed by atoms with Gasteiger partial charge < -0.3 is 55.3 Å². The van der Waals surface area contributed by atoms with Crippen LogP contribution in [-0.4, -0.2) is 131 Å². The molecule has 9 atom stereocenters. The van der Waals surface area contributed by atoms with E-state index in [4.69, 9.17) is 14.2 Å². The van der Waals surface area contributed by atoms with Gasteiger partial charge in [-0.25, -0.2) is 15.0 Å². The van der Waals surface area contributed by atoms with Crippen LogP contribution in [0.25, 0.3) is 11.2 Å². The summed E-state index contributed by atoms with van der Waals surface area (Å²) in [6.07, 6.45) is -6.66. The highest BCUT2D eigenvalue weighted by atomic mass is 16.7. The Kier molecular flexibility index (Phi) is 8.46. The van der Waals surface area contributed by atoms with Crippen LogP contribution < -0.4 is 5.32 Å². The van der Waals surface area contributed by atoms with Gasteiger partial charge in [0.2, 0.25) is 0 Å². The lowest BCUT2D eigenvalue weighted by molar-refractivity contribution is -0.299. The predicted molar refractivity (Wildman–Crippen MR) is 120 cm³/mol. The minimum absolute atomic E-state index is 0.0451. The fourth-order valence-corrected chi connectivity index (χ4v) is 4.08. The summed E-state index contributed by atoms with van der Waals surface area (Å²) in [5, 5.41) is 71.7. The summed E-state index contributed by atoms with van der Waals surface area (Å²) < 4.78 is 17.8. The van der Waals surface area contributed by atoms with Crippen molar-refractivity contribution in [2.45, 2.75) is 62.2 Å². The van der Waals surface area contributed by atoms with Gasteiger partial charge in [0.1, 0.15) is 49.1 Å². The maximum absolute atomic E-state index is 10.3. The molecule has 8 N–H and O–H groups in total. The Morgan fingerprint density at radius 1 is 0.972 bits per heavy atom. The van der Waals surface area contributed by atoms with E-state index in [1.807, 2.05) is 0 Å². The number of anilines is 1. The lowest BCUT2D eigenvalue weighted by Gasteiger charge is -2.39. The summed E-state index contributed by atoms with van der Waals surface area (Å²) in [6.45, 7) is 1.15. The molecule has 36 heavy (non-hydrogen) atoms. The molecular formula is C21H31N5O10. The number of rotatable bonds is 9. The molecule has 200 valence electrons. The van der Waals surface area contributed by atoms with Crippen LogP contribution in [0.15, 0.2) is 24.3 Å². The molecule has 0 saturated carbocycles. The number of aromatic nitrogens is 4. The Balaban J connectivity index is 1.36. The third-order valence-electron chi connectivity index (χ3n) is 6.19. The molecule has 2 aliphatic heterocycles. The van der Waals surface area contributed by atoms with Crippen molar-refractivity contribution in [1.29, 1.82) is 0 Å². The molecule has 0 spiro atoms. The van der Waals surface area contributed by atoms with Gasteiger partial charge in [0.15, 0.2) is 29.5 Å². The molecule has 0 amide bonds. The quantitative estimate of drug-likeness (QED) is 0.153. The van der Waals surface area contributed by atoms with Crippen molar-refractivity contribution in [3.63, 3.8) is 0 Å². The number of aliphatic hydroxyl groups excluding tert-OH is 7. The van der Waals surface area contributed by atoms with Crippen LogP contribution in [0.5, 0.6) is 0 Å². The zero-order valence-corrected chi connectivity index (χ0v) is 19.4. The smallest absolute Gasteiger partial charge is 0.187 e. The number of fused-ring (bicyclic) bond motifs is 1. The Labute approximate surface area is 205 Å². The second kappa shape index (κ2) is 11.4. The largest absolute Gasteiger partial charge is 0.394 e. The zero-order chi connectivity index (χ0) is 26.0. The van der Waals surface area contributed by atoms with Gasteiger partial charge in [0.05, 0.1) is 26.1 Å². The third-order valence-corrected chi connectivity index (χ3v) is 6.19. The SMILES string of the molecule is C/C(=C/CNc1ncnc2c1ncn2[C@@H]1OC(CO)[C@H](O)[C@@H]1O)COC1O[C@@H](CO)[C@H](O)[C@@H](O)[C@H]1O. The van der Waals surface area contributed by atoms with Gasteiger partial charge in [-0.05, 0) is 12.5 Å². The van der Waals surface area contributed by atoms with Crippen molar-refractivity contribution < 1.29 is 50.0 Å². The van der Waals surface area contributed by atoms with E-state index in [1.165, 1.54) is 17.2 Å². The Morgan fingerprint density at radius 3 is 2.36 bits per heavy atom. The molecule has 0 bridgehead atoms. The van der Waals surface area contributed by atoms with E-state index >= 15 is 0 Å². The Hall–Kier alpha value is -2.31. The summed E-state index contributed by atoms with van der Waals surface area (Å²) in [7, 11) is 0. The first-order valence-electron chi connectivity index (χ1n) is 11.4. The van der Waals surface area contributed by atoms with Gasteiger partial charge in [-0.2, -0.15) is 0 Å². The van der Waals surface area contributed by atoms with E-state index in [2.05, 4.69) is 20.3 Å². The second-order valence-electron chi connectivity index (χ2n) is 8.71. The highest BCUT2D eigenvalue weighted by Gasteiger charge is 2.45. The molecule has 2 aromatic heterocycles. The third kappa shape index (κ3) is 5.21. The van der Waals surface area contributed by atoms with E-state index in [0.717, 1.165) is 5.57 Å². The fourth-order valence-electron chi connectivity index (χ4n) is 4.08. The summed E-state index contributed by atoms with van der Waals surface area (Å²) in [5.74, 6) is 0.407. The van der Waals surface area contributed by atoms with Crippen LogP contribution in [0.3, 0.4) is 0 Å². The van der Waals surface area contributed by atoms with Crippen molar-refractivity contribution >= 4 is 17.0 Å². The van der Waals surface area contributed by atoms with E-state index in [0.29, 0.717) is 23.5 Å². The molecule has 0 radical (unpaired) electrons.